The molecule has 2 aromatic heterocycles. The van der Waals surface area contributed by atoms with Crippen LogP contribution in [0.2, 0.25) is 0 Å². The summed E-state index contributed by atoms with van der Waals surface area (Å²) < 4.78 is 5.60. The molecule has 4 rings (SSSR count). The van der Waals surface area contributed by atoms with Gasteiger partial charge in [0, 0.05) is 42.9 Å². The van der Waals surface area contributed by atoms with Gasteiger partial charge in [0.1, 0.15) is 17.1 Å². The molecule has 4 heterocycles. The van der Waals surface area contributed by atoms with Gasteiger partial charge in [-0.3, -0.25) is 14.8 Å². The Labute approximate surface area is 137 Å². The second-order valence-corrected chi connectivity index (χ2v) is 6.41. The predicted octanol–water partition coefficient (Wildman–Crippen LogP) is 3.08. The summed E-state index contributed by atoms with van der Waals surface area (Å²) in [7, 11) is 0. The second kappa shape index (κ2) is 6.17. The first-order valence-corrected chi connectivity index (χ1v) is 8.55. The number of anilines is 1. The third-order valence-corrected chi connectivity index (χ3v) is 4.77. The Balaban J connectivity index is 1.56. The highest BCUT2D eigenvalue weighted by Crippen LogP contribution is 2.35. The fourth-order valence-corrected chi connectivity index (χ4v) is 3.50. The maximum absolute atomic E-state index is 12.0. The van der Waals surface area contributed by atoms with Crippen molar-refractivity contribution in [1.82, 2.24) is 9.97 Å². The molecular formula is C16H16N4O2S. The molecule has 0 bridgehead atoms. The maximum atomic E-state index is 12.0. The number of carbonyl (C=O) groups excluding carboxylic acids is 1. The van der Waals surface area contributed by atoms with Gasteiger partial charge in [0.15, 0.2) is 10.9 Å². The van der Waals surface area contributed by atoms with Gasteiger partial charge in [0.05, 0.1) is 6.10 Å². The Kier molecular flexibility index (Phi) is 3.88. The molecule has 2 aliphatic heterocycles. The Bertz CT molecular complexity index is 765. The number of hydrogen-bond acceptors (Lipinski definition) is 7. The highest BCUT2D eigenvalue weighted by atomic mass is 32.1. The molecule has 0 radical (unpaired) electrons. The van der Waals surface area contributed by atoms with Crippen LogP contribution in [0.5, 0.6) is 0 Å². The summed E-state index contributed by atoms with van der Waals surface area (Å²) in [5, 5.41) is 6.09. The van der Waals surface area contributed by atoms with Crippen molar-refractivity contribution in [1.29, 1.82) is 0 Å². The summed E-state index contributed by atoms with van der Waals surface area (Å²) in [5.74, 6) is 0.0746. The zero-order valence-corrected chi connectivity index (χ0v) is 13.3. The number of aliphatic imine (C=N–C) groups is 1. The molecule has 0 amide bonds. The van der Waals surface area contributed by atoms with Crippen LogP contribution >= 0.6 is 11.3 Å². The minimum Gasteiger partial charge on any atom is -0.376 e. The van der Waals surface area contributed by atoms with E-state index in [1.165, 1.54) is 11.3 Å². The largest absolute Gasteiger partial charge is 0.376 e. The zero-order chi connectivity index (χ0) is 15.6. The first-order valence-electron chi connectivity index (χ1n) is 7.67. The molecule has 1 saturated heterocycles. The predicted molar refractivity (Wildman–Crippen MR) is 89.9 cm³/mol. The SMILES string of the molecule is O=C1CC=Nc2c1ccnc2-c1csc(NCC2CCCO2)n1. The summed E-state index contributed by atoms with van der Waals surface area (Å²) in [6.07, 6.45) is 6.12. The molecule has 23 heavy (non-hydrogen) atoms. The molecule has 2 aromatic rings. The molecule has 0 spiro atoms. The van der Waals surface area contributed by atoms with Gasteiger partial charge in [-0.15, -0.1) is 11.3 Å². The number of hydrogen-bond donors (Lipinski definition) is 1. The van der Waals surface area contributed by atoms with Gasteiger partial charge in [0.25, 0.3) is 0 Å². The molecule has 6 nitrogen and oxygen atoms in total. The topological polar surface area (TPSA) is 76.5 Å². The van der Waals surface area contributed by atoms with Gasteiger partial charge >= 0.3 is 0 Å². The van der Waals surface area contributed by atoms with E-state index in [0.717, 1.165) is 36.8 Å². The number of ether oxygens (including phenoxy) is 1. The summed E-state index contributed by atoms with van der Waals surface area (Å²) in [6, 6.07) is 1.72. The van der Waals surface area contributed by atoms with Crippen molar-refractivity contribution in [2.75, 3.05) is 18.5 Å². The number of Topliss-reactive ketones (excluding diaryl/α,β-unsaturated/α-hetero) is 1. The lowest BCUT2D eigenvalue weighted by Crippen LogP contribution is -2.18. The number of pyridine rings is 1. The fourth-order valence-electron chi connectivity index (χ4n) is 2.80. The Morgan fingerprint density at radius 3 is 3.26 bits per heavy atom. The van der Waals surface area contributed by atoms with Crippen molar-refractivity contribution < 1.29 is 9.53 Å². The van der Waals surface area contributed by atoms with Crippen molar-refractivity contribution in [3.63, 3.8) is 0 Å². The lowest BCUT2D eigenvalue weighted by atomic mass is 10.0. The number of rotatable bonds is 4. The van der Waals surface area contributed by atoms with E-state index in [-0.39, 0.29) is 11.9 Å². The smallest absolute Gasteiger partial charge is 0.183 e. The molecular weight excluding hydrogens is 312 g/mol. The normalized spacial score (nSPS) is 19.8. The number of nitrogens with one attached hydrogen (secondary N) is 1. The first kappa shape index (κ1) is 14.5. The lowest BCUT2D eigenvalue weighted by Gasteiger charge is -2.11. The van der Waals surface area contributed by atoms with Crippen LogP contribution in [0.3, 0.4) is 0 Å². The third-order valence-electron chi connectivity index (χ3n) is 3.97. The van der Waals surface area contributed by atoms with E-state index in [2.05, 4.69) is 20.3 Å². The van der Waals surface area contributed by atoms with E-state index in [1.54, 1.807) is 18.5 Å². The molecule has 0 aliphatic carbocycles. The van der Waals surface area contributed by atoms with Crippen LogP contribution in [-0.2, 0) is 4.74 Å². The average Bonchev–Trinajstić information content (AvgIpc) is 3.25. The minimum atomic E-state index is 0.0746. The molecule has 0 aromatic carbocycles. The zero-order valence-electron chi connectivity index (χ0n) is 12.5. The maximum Gasteiger partial charge on any atom is 0.183 e. The molecule has 0 saturated carbocycles. The summed E-state index contributed by atoms with van der Waals surface area (Å²) in [6.45, 7) is 1.62. The van der Waals surface area contributed by atoms with Crippen LogP contribution in [-0.4, -0.2) is 41.2 Å². The second-order valence-electron chi connectivity index (χ2n) is 5.55. The molecule has 1 unspecified atom stereocenters. The van der Waals surface area contributed by atoms with E-state index >= 15 is 0 Å². The fraction of sp³-hybridized carbons (Fsp3) is 0.375. The molecule has 1 atom stereocenters. The van der Waals surface area contributed by atoms with Crippen molar-refractivity contribution in [3.8, 4) is 11.4 Å². The number of ketones is 1. The van der Waals surface area contributed by atoms with Crippen molar-refractivity contribution >= 4 is 34.2 Å². The van der Waals surface area contributed by atoms with Crippen LogP contribution < -0.4 is 5.32 Å². The number of fused-ring (bicyclic) bond motifs is 1. The van der Waals surface area contributed by atoms with Crippen LogP contribution in [0.25, 0.3) is 11.4 Å². The van der Waals surface area contributed by atoms with Crippen molar-refractivity contribution in [3.05, 3.63) is 23.2 Å². The number of aromatic nitrogens is 2. The van der Waals surface area contributed by atoms with Gasteiger partial charge in [-0.25, -0.2) is 4.98 Å². The first-order chi connectivity index (χ1) is 11.3. The van der Waals surface area contributed by atoms with Gasteiger partial charge in [-0.05, 0) is 18.9 Å². The van der Waals surface area contributed by atoms with E-state index in [0.29, 0.717) is 23.4 Å². The van der Waals surface area contributed by atoms with Gasteiger partial charge in [-0.1, -0.05) is 0 Å². The Hall–Kier alpha value is -2.12. The van der Waals surface area contributed by atoms with E-state index in [9.17, 15) is 4.79 Å². The lowest BCUT2D eigenvalue weighted by molar-refractivity contribution is 0.100. The number of carbonyl (C=O) groups is 1. The van der Waals surface area contributed by atoms with Crippen LogP contribution in [0.1, 0.15) is 29.6 Å². The van der Waals surface area contributed by atoms with Gasteiger partial charge in [0.2, 0.25) is 0 Å². The van der Waals surface area contributed by atoms with Crippen molar-refractivity contribution in [2.45, 2.75) is 25.4 Å². The van der Waals surface area contributed by atoms with Crippen molar-refractivity contribution in [2.24, 2.45) is 4.99 Å². The van der Waals surface area contributed by atoms with E-state index in [4.69, 9.17) is 4.74 Å². The molecule has 7 heteroatoms. The summed E-state index contributed by atoms with van der Waals surface area (Å²) in [5.41, 5.74) is 2.65. The van der Waals surface area contributed by atoms with E-state index in [1.807, 2.05) is 5.38 Å². The molecule has 1 fully saturated rings. The standard InChI is InChI=1S/C16H16N4O2S/c21-13-4-6-17-14-11(13)3-5-18-15(14)12-9-23-16(20-12)19-8-10-2-1-7-22-10/h3,5-6,9-10H,1-2,4,7-8H2,(H,19,20). The summed E-state index contributed by atoms with van der Waals surface area (Å²) >= 11 is 1.52. The minimum absolute atomic E-state index is 0.0746. The van der Waals surface area contributed by atoms with E-state index < -0.39 is 0 Å². The number of nitrogens with zero attached hydrogens (tertiary/aromatic N) is 3. The van der Waals surface area contributed by atoms with Gasteiger partial charge in [-0.2, -0.15) is 0 Å². The average molecular weight is 328 g/mol. The molecule has 118 valence electrons. The third kappa shape index (κ3) is 2.89. The van der Waals surface area contributed by atoms with Crippen LogP contribution in [0.15, 0.2) is 22.6 Å². The highest BCUT2D eigenvalue weighted by molar-refractivity contribution is 7.14. The van der Waals surface area contributed by atoms with Crippen LogP contribution in [0, 0.1) is 0 Å². The van der Waals surface area contributed by atoms with Gasteiger partial charge < -0.3 is 10.1 Å². The monoisotopic (exact) mass is 328 g/mol. The molecule has 1 N–H and O–H groups in total. The Morgan fingerprint density at radius 2 is 2.39 bits per heavy atom. The molecule has 2 aliphatic rings. The summed E-state index contributed by atoms with van der Waals surface area (Å²) in [4.78, 5) is 25.3. The Morgan fingerprint density at radius 1 is 1.43 bits per heavy atom. The quantitative estimate of drug-likeness (QED) is 0.933. The number of thiazole rings is 1. The highest BCUT2D eigenvalue weighted by Gasteiger charge is 2.21. The van der Waals surface area contributed by atoms with Crippen LogP contribution in [0.4, 0.5) is 10.8 Å².